The van der Waals surface area contributed by atoms with Crippen molar-refractivity contribution in [2.24, 2.45) is 23.7 Å². The van der Waals surface area contributed by atoms with Gasteiger partial charge in [-0.2, -0.15) is 0 Å². The lowest BCUT2D eigenvalue weighted by atomic mass is 9.75. The van der Waals surface area contributed by atoms with Crippen molar-refractivity contribution in [2.45, 2.75) is 71.7 Å². The summed E-state index contributed by atoms with van der Waals surface area (Å²) in [5.74, 6) is -0.957. The van der Waals surface area contributed by atoms with Crippen LogP contribution in [0.2, 0.25) is 0 Å². The van der Waals surface area contributed by atoms with Crippen molar-refractivity contribution in [2.75, 3.05) is 21.3 Å². The Labute approximate surface area is 181 Å². The van der Waals surface area contributed by atoms with Crippen molar-refractivity contribution in [1.82, 2.24) is 0 Å². The second kappa shape index (κ2) is 12.6. The summed E-state index contributed by atoms with van der Waals surface area (Å²) >= 11 is 0. The lowest BCUT2D eigenvalue weighted by molar-refractivity contribution is -0.215. The second-order valence-electron chi connectivity index (χ2n) is 8.42. The number of rotatable bonds is 10. The van der Waals surface area contributed by atoms with Gasteiger partial charge in [0.2, 0.25) is 0 Å². The van der Waals surface area contributed by atoms with Crippen LogP contribution < -0.4 is 0 Å². The molecule has 1 saturated heterocycles. The summed E-state index contributed by atoms with van der Waals surface area (Å²) in [6.45, 7) is 9.45. The summed E-state index contributed by atoms with van der Waals surface area (Å²) in [4.78, 5) is 11.4. The Morgan fingerprint density at radius 2 is 1.73 bits per heavy atom. The van der Waals surface area contributed by atoms with Crippen LogP contribution in [0.4, 0.5) is 0 Å². The predicted octanol–water partition coefficient (Wildman–Crippen LogP) is 2.70. The van der Waals surface area contributed by atoms with Gasteiger partial charge in [0, 0.05) is 49.9 Å². The smallest absolute Gasteiger partial charge is 0.333 e. The molecule has 0 saturated carbocycles. The maximum absolute atomic E-state index is 11.4. The largest absolute Gasteiger partial charge is 0.466 e. The van der Waals surface area contributed by atoms with E-state index in [9.17, 15) is 15.0 Å². The third kappa shape index (κ3) is 6.89. The number of esters is 1. The molecule has 1 fully saturated rings. The highest BCUT2D eigenvalue weighted by molar-refractivity contribution is 5.87. The van der Waals surface area contributed by atoms with Crippen molar-refractivity contribution in [1.29, 1.82) is 0 Å². The highest BCUT2D eigenvalue weighted by atomic mass is 16.7. The van der Waals surface area contributed by atoms with Crippen LogP contribution in [0, 0.1) is 23.7 Å². The number of ether oxygens (including phenoxy) is 4. The van der Waals surface area contributed by atoms with Crippen LogP contribution in [-0.2, 0) is 23.7 Å². The van der Waals surface area contributed by atoms with Crippen LogP contribution in [0.1, 0.15) is 41.0 Å². The van der Waals surface area contributed by atoms with Gasteiger partial charge in [-0.15, -0.1) is 0 Å². The second-order valence-corrected chi connectivity index (χ2v) is 8.42. The first kappa shape index (κ1) is 26.8. The van der Waals surface area contributed by atoms with E-state index in [0.717, 1.165) is 0 Å². The molecule has 0 aromatic rings. The van der Waals surface area contributed by atoms with Crippen molar-refractivity contribution < 1.29 is 34.0 Å². The van der Waals surface area contributed by atoms with Gasteiger partial charge >= 0.3 is 5.97 Å². The molecule has 7 nitrogen and oxygen atoms in total. The van der Waals surface area contributed by atoms with E-state index >= 15 is 0 Å². The van der Waals surface area contributed by atoms with Gasteiger partial charge < -0.3 is 29.2 Å². The summed E-state index contributed by atoms with van der Waals surface area (Å²) in [6, 6.07) is 0. The molecule has 0 aliphatic carbocycles. The van der Waals surface area contributed by atoms with E-state index in [2.05, 4.69) is 4.74 Å². The maximum atomic E-state index is 11.4. The van der Waals surface area contributed by atoms with E-state index in [4.69, 9.17) is 14.2 Å². The molecule has 2 N–H and O–H groups in total. The van der Waals surface area contributed by atoms with E-state index in [1.54, 1.807) is 33.3 Å². The fraction of sp³-hybridized carbons (Fsp3) is 0.783. The Morgan fingerprint density at radius 1 is 1.13 bits per heavy atom. The Hall–Kier alpha value is -1.25. The van der Waals surface area contributed by atoms with Gasteiger partial charge in [-0.3, -0.25) is 0 Å². The van der Waals surface area contributed by atoms with Gasteiger partial charge in [0.1, 0.15) is 0 Å². The summed E-state index contributed by atoms with van der Waals surface area (Å²) in [5.41, 5.74) is 0.485. The Morgan fingerprint density at radius 3 is 2.27 bits per heavy atom. The van der Waals surface area contributed by atoms with Gasteiger partial charge in [0.25, 0.3) is 0 Å². The van der Waals surface area contributed by atoms with Gasteiger partial charge in [-0.05, 0) is 6.92 Å². The molecule has 30 heavy (non-hydrogen) atoms. The van der Waals surface area contributed by atoms with Crippen LogP contribution in [0.15, 0.2) is 23.8 Å². The topological polar surface area (TPSA) is 94.5 Å². The number of methoxy groups -OCH3 is 3. The zero-order valence-corrected chi connectivity index (χ0v) is 19.6. The molecule has 0 bridgehead atoms. The molecule has 0 aromatic carbocycles. The highest BCUT2D eigenvalue weighted by Crippen LogP contribution is 2.37. The molecular formula is C23H40O7. The predicted molar refractivity (Wildman–Crippen MR) is 115 cm³/mol. The molecule has 0 radical (unpaired) electrons. The quantitative estimate of drug-likeness (QED) is 0.239. The summed E-state index contributed by atoms with van der Waals surface area (Å²) in [7, 11) is 4.50. The molecule has 0 aromatic heterocycles. The monoisotopic (exact) mass is 428 g/mol. The molecule has 1 aliphatic heterocycles. The average Bonchev–Trinajstić information content (AvgIpc) is 2.75. The third-order valence-corrected chi connectivity index (χ3v) is 6.33. The number of allylic oxidation sites excluding steroid dienone is 2. The van der Waals surface area contributed by atoms with E-state index in [0.29, 0.717) is 12.0 Å². The van der Waals surface area contributed by atoms with Gasteiger partial charge in [0.15, 0.2) is 6.29 Å². The van der Waals surface area contributed by atoms with E-state index in [-0.39, 0.29) is 41.8 Å². The lowest BCUT2D eigenvalue weighted by Gasteiger charge is -2.46. The first-order valence-corrected chi connectivity index (χ1v) is 10.6. The summed E-state index contributed by atoms with van der Waals surface area (Å²) in [6.07, 6.45) is 3.58. The summed E-state index contributed by atoms with van der Waals surface area (Å²) < 4.78 is 21.6. The van der Waals surface area contributed by atoms with Gasteiger partial charge in [0.05, 0.1) is 31.5 Å². The minimum absolute atomic E-state index is 0.0721. The number of hydrogen-bond acceptors (Lipinski definition) is 7. The van der Waals surface area contributed by atoms with Crippen molar-refractivity contribution in [3.63, 3.8) is 0 Å². The lowest BCUT2D eigenvalue weighted by Crippen LogP contribution is -2.54. The molecule has 0 spiro atoms. The van der Waals surface area contributed by atoms with Crippen LogP contribution in [0.3, 0.4) is 0 Å². The van der Waals surface area contributed by atoms with Gasteiger partial charge in [-0.25, -0.2) is 4.79 Å². The first-order chi connectivity index (χ1) is 14.1. The fourth-order valence-corrected chi connectivity index (χ4v) is 4.09. The van der Waals surface area contributed by atoms with Crippen molar-refractivity contribution in [3.05, 3.63) is 23.8 Å². The van der Waals surface area contributed by atoms with Crippen molar-refractivity contribution in [3.8, 4) is 0 Å². The van der Waals surface area contributed by atoms with Crippen LogP contribution in [0.25, 0.3) is 0 Å². The average molecular weight is 429 g/mol. The molecule has 1 heterocycles. The van der Waals surface area contributed by atoms with E-state index in [1.165, 1.54) is 7.11 Å². The minimum Gasteiger partial charge on any atom is -0.466 e. The van der Waals surface area contributed by atoms with Crippen LogP contribution in [-0.4, -0.2) is 68.2 Å². The Balaban J connectivity index is 2.87. The van der Waals surface area contributed by atoms with Crippen LogP contribution in [0.5, 0.6) is 0 Å². The number of aliphatic hydroxyl groups is 2. The van der Waals surface area contributed by atoms with E-state index < -0.39 is 18.5 Å². The molecule has 8 atom stereocenters. The van der Waals surface area contributed by atoms with Crippen molar-refractivity contribution >= 4 is 5.97 Å². The zero-order chi connectivity index (χ0) is 23.0. The molecule has 174 valence electrons. The van der Waals surface area contributed by atoms with E-state index in [1.807, 2.05) is 33.8 Å². The number of carbonyl (C=O) groups is 1. The first-order valence-electron chi connectivity index (χ1n) is 10.6. The molecule has 7 heteroatoms. The molecule has 0 amide bonds. The Bertz CT molecular complexity index is 584. The zero-order valence-electron chi connectivity index (χ0n) is 19.6. The Kier molecular flexibility index (Phi) is 11.2. The highest BCUT2D eigenvalue weighted by Gasteiger charge is 2.45. The molecule has 1 rings (SSSR count). The normalized spacial score (nSPS) is 31.0. The maximum Gasteiger partial charge on any atom is 0.333 e. The number of hydrogen-bond donors (Lipinski definition) is 2. The molecule has 1 aliphatic rings. The minimum atomic E-state index is -0.678. The fourth-order valence-electron chi connectivity index (χ4n) is 4.09. The third-order valence-electron chi connectivity index (χ3n) is 6.33. The summed E-state index contributed by atoms with van der Waals surface area (Å²) in [5, 5.41) is 21.7. The SMILES string of the molecule is COC(=O)C(C)=CC=CC(C)C(O)C(C)C1OC(CC(OC)OC)C(C)C(O)C1C. The number of aliphatic hydroxyl groups excluding tert-OH is 2. The van der Waals surface area contributed by atoms with Gasteiger partial charge in [-0.1, -0.05) is 45.9 Å². The molecule has 8 unspecified atom stereocenters. The molecular weight excluding hydrogens is 388 g/mol. The van der Waals surface area contributed by atoms with Crippen LogP contribution >= 0.6 is 0 Å². The number of carbonyl (C=O) groups excluding carboxylic acids is 1. The standard InChI is InChI=1S/C23H40O7/c1-13(10-9-11-14(2)23(26)29-8)20(24)16(4)22-17(5)21(25)15(3)18(30-22)12-19(27-6)28-7/h9-11,13,15-22,24-25H,12H2,1-8H3.